The summed E-state index contributed by atoms with van der Waals surface area (Å²) in [6, 6.07) is 9.96. The molecule has 1 amide bonds. The van der Waals surface area contributed by atoms with Gasteiger partial charge in [0.15, 0.2) is 0 Å². The molecule has 0 atom stereocenters. The van der Waals surface area contributed by atoms with E-state index in [4.69, 9.17) is 0 Å². The fraction of sp³-hybridized carbons (Fsp3) is 0.316. The van der Waals surface area contributed by atoms with Gasteiger partial charge in [-0.15, -0.1) is 0 Å². The number of nitrogens with one attached hydrogen (secondary N) is 2. The number of carbonyl (C=O) groups excluding carboxylic acids is 1. The number of rotatable bonds is 3. The van der Waals surface area contributed by atoms with E-state index in [1.165, 1.54) is 5.56 Å². The van der Waals surface area contributed by atoms with Crippen molar-refractivity contribution in [2.24, 2.45) is 0 Å². The van der Waals surface area contributed by atoms with Crippen LogP contribution in [0.2, 0.25) is 0 Å². The van der Waals surface area contributed by atoms with Gasteiger partial charge in [-0.2, -0.15) is 0 Å². The van der Waals surface area contributed by atoms with Crippen molar-refractivity contribution in [1.29, 1.82) is 0 Å². The van der Waals surface area contributed by atoms with E-state index in [0.29, 0.717) is 18.1 Å². The first-order valence-electron chi connectivity index (χ1n) is 8.03. The summed E-state index contributed by atoms with van der Waals surface area (Å²) in [5.41, 5.74) is 3.64. The van der Waals surface area contributed by atoms with Crippen LogP contribution in [-0.2, 0) is 12.0 Å². The second-order valence-electron chi connectivity index (χ2n) is 7.01. The molecule has 3 rings (SSSR count). The van der Waals surface area contributed by atoms with Crippen molar-refractivity contribution >= 4 is 16.8 Å². The van der Waals surface area contributed by atoms with Crippen LogP contribution < -0.4 is 5.32 Å². The predicted molar refractivity (Wildman–Crippen MR) is 94.9 cm³/mol. The van der Waals surface area contributed by atoms with Crippen molar-refractivity contribution in [3.8, 4) is 0 Å². The molecule has 2 aromatic heterocycles. The Bertz CT molecular complexity index is 890. The van der Waals surface area contributed by atoms with Gasteiger partial charge in [-0.1, -0.05) is 26.8 Å². The van der Waals surface area contributed by atoms with Crippen LogP contribution in [0.4, 0.5) is 0 Å². The number of aromatic amines is 1. The van der Waals surface area contributed by atoms with Crippen molar-refractivity contribution in [1.82, 2.24) is 20.3 Å². The molecule has 5 nitrogen and oxygen atoms in total. The molecule has 0 saturated heterocycles. The van der Waals surface area contributed by atoms with Crippen LogP contribution in [0, 0.1) is 6.92 Å². The summed E-state index contributed by atoms with van der Waals surface area (Å²) in [6.45, 7) is 8.75. The lowest BCUT2D eigenvalue weighted by Crippen LogP contribution is -2.23. The molecule has 0 spiro atoms. The molecule has 0 saturated carbocycles. The Morgan fingerprint density at radius 2 is 2.00 bits per heavy atom. The zero-order valence-corrected chi connectivity index (χ0v) is 14.5. The number of benzene rings is 1. The molecular weight excluding hydrogens is 300 g/mol. The third-order valence-electron chi connectivity index (χ3n) is 4.00. The number of hydrogen-bond acceptors (Lipinski definition) is 3. The molecule has 5 heteroatoms. The molecule has 24 heavy (non-hydrogen) atoms. The third kappa shape index (κ3) is 3.45. The zero-order valence-electron chi connectivity index (χ0n) is 14.5. The number of fused-ring (bicyclic) bond motifs is 1. The molecule has 3 aromatic rings. The van der Waals surface area contributed by atoms with E-state index in [9.17, 15) is 4.79 Å². The van der Waals surface area contributed by atoms with E-state index in [0.717, 1.165) is 16.6 Å². The average Bonchev–Trinajstić information content (AvgIpc) is 2.95. The molecule has 0 radical (unpaired) electrons. The Morgan fingerprint density at radius 1 is 1.21 bits per heavy atom. The summed E-state index contributed by atoms with van der Waals surface area (Å²) in [5.74, 6) is 0.557. The van der Waals surface area contributed by atoms with Gasteiger partial charge in [0.05, 0.1) is 12.2 Å². The normalized spacial score (nSPS) is 11.7. The molecule has 124 valence electrons. The van der Waals surface area contributed by atoms with E-state index in [-0.39, 0.29) is 11.3 Å². The third-order valence-corrected chi connectivity index (χ3v) is 4.00. The van der Waals surface area contributed by atoms with Crippen LogP contribution in [0.15, 0.2) is 36.5 Å². The van der Waals surface area contributed by atoms with Gasteiger partial charge in [-0.25, -0.2) is 9.97 Å². The Morgan fingerprint density at radius 3 is 2.71 bits per heavy atom. The summed E-state index contributed by atoms with van der Waals surface area (Å²) in [7, 11) is 0. The molecule has 0 aliphatic carbocycles. The Balaban J connectivity index is 1.77. The maximum Gasteiger partial charge on any atom is 0.268 e. The summed E-state index contributed by atoms with van der Waals surface area (Å²) < 4.78 is 0. The number of H-pyrrole nitrogens is 1. The van der Waals surface area contributed by atoms with Crippen molar-refractivity contribution in [3.05, 3.63) is 59.3 Å². The number of aromatic nitrogens is 3. The van der Waals surface area contributed by atoms with Crippen molar-refractivity contribution < 1.29 is 4.79 Å². The number of nitrogens with zero attached hydrogens (tertiary/aromatic N) is 2. The smallest absolute Gasteiger partial charge is 0.268 e. The van der Waals surface area contributed by atoms with Crippen LogP contribution in [0.25, 0.3) is 10.9 Å². The number of aryl methyl sites for hydroxylation is 1. The zero-order chi connectivity index (χ0) is 17.3. The minimum atomic E-state index is -0.139. The lowest BCUT2D eigenvalue weighted by atomic mass is 9.86. The van der Waals surface area contributed by atoms with E-state index < -0.39 is 0 Å². The Hall–Kier alpha value is -2.69. The fourth-order valence-corrected chi connectivity index (χ4v) is 2.59. The molecule has 0 bridgehead atoms. The van der Waals surface area contributed by atoms with Crippen LogP contribution in [-0.4, -0.2) is 20.9 Å². The van der Waals surface area contributed by atoms with Gasteiger partial charge < -0.3 is 10.3 Å². The van der Waals surface area contributed by atoms with Crippen LogP contribution in [0.5, 0.6) is 0 Å². The minimum Gasteiger partial charge on any atom is -0.351 e. The van der Waals surface area contributed by atoms with Crippen molar-refractivity contribution in [2.45, 2.75) is 39.7 Å². The predicted octanol–water partition coefficient (Wildman–Crippen LogP) is 3.49. The number of hydrogen-bond donors (Lipinski definition) is 2. The molecule has 0 aliphatic rings. The highest BCUT2D eigenvalue weighted by atomic mass is 16.1. The standard InChI is InChI=1S/C19H22N4O/c1-12-20-8-7-15(22-12)11-21-18(24)17-10-13-9-14(19(2,3)4)5-6-16(13)23-17/h5-10,23H,11H2,1-4H3,(H,21,24). The quantitative estimate of drug-likeness (QED) is 0.775. The summed E-state index contributed by atoms with van der Waals surface area (Å²) >= 11 is 0. The molecule has 1 aromatic carbocycles. The molecule has 0 aliphatic heterocycles. The highest BCUT2D eigenvalue weighted by Gasteiger charge is 2.15. The second-order valence-corrected chi connectivity index (χ2v) is 7.01. The number of amides is 1. The molecule has 0 unspecified atom stereocenters. The first-order chi connectivity index (χ1) is 11.3. The first kappa shape index (κ1) is 16.2. The summed E-state index contributed by atoms with van der Waals surface area (Å²) in [4.78, 5) is 23.9. The molecule has 0 fully saturated rings. The number of carbonyl (C=O) groups is 1. The monoisotopic (exact) mass is 322 g/mol. The van der Waals surface area contributed by atoms with Gasteiger partial charge in [0.1, 0.15) is 11.5 Å². The van der Waals surface area contributed by atoms with Gasteiger partial charge in [-0.05, 0) is 42.2 Å². The SMILES string of the molecule is Cc1nccc(CNC(=O)c2cc3cc(C(C)(C)C)ccc3[nH]2)n1. The minimum absolute atomic E-state index is 0.0821. The van der Waals surface area contributed by atoms with Crippen LogP contribution in [0.3, 0.4) is 0 Å². The van der Waals surface area contributed by atoms with E-state index in [1.807, 2.05) is 19.1 Å². The van der Waals surface area contributed by atoms with Crippen LogP contribution >= 0.6 is 0 Å². The molecular formula is C19H22N4O. The van der Waals surface area contributed by atoms with Crippen molar-refractivity contribution in [2.75, 3.05) is 0 Å². The summed E-state index contributed by atoms with van der Waals surface area (Å²) in [5, 5.41) is 3.93. The highest BCUT2D eigenvalue weighted by Crippen LogP contribution is 2.26. The van der Waals surface area contributed by atoms with E-state index in [2.05, 4.69) is 53.2 Å². The Kier molecular flexibility index (Phi) is 4.09. The first-order valence-corrected chi connectivity index (χ1v) is 8.03. The topological polar surface area (TPSA) is 70.7 Å². The van der Waals surface area contributed by atoms with Gasteiger partial charge in [0.2, 0.25) is 0 Å². The lowest BCUT2D eigenvalue weighted by molar-refractivity contribution is 0.0946. The maximum absolute atomic E-state index is 12.4. The maximum atomic E-state index is 12.4. The van der Waals surface area contributed by atoms with Gasteiger partial charge >= 0.3 is 0 Å². The highest BCUT2D eigenvalue weighted by molar-refractivity contribution is 5.98. The summed E-state index contributed by atoms with van der Waals surface area (Å²) in [6.07, 6.45) is 1.70. The average molecular weight is 322 g/mol. The van der Waals surface area contributed by atoms with Gasteiger partial charge in [-0.3, -0.25) is 4.79 Å². The largest absolute Gasteiger partial charge is 0.351 e. The van der Waals surface area contributed by atoms with E-state index in [1.54, 1.807) is 12.3 Å². The van der Waals surface area contributed by atoms with E-state index >= 15 is 0 Å². The molecule has 2 heterocycles. The fourth-order valence-electron chi connectivity index (χ4n) is 2.59. The van der Waals surface area contributed by atoms with Crippen molar-refractivity contribution in [3.63, 3.8) is 0 Å². The second kappa shape index (κ2) is 6.07. The van der Waals surface area contributed by atoms with Gasteiger partial charge in [0, 0.05) is 17.1 Å². The van der Waals surface area contributed by atoms with Crippen LogP contribution in [0.1, 0.15) is 48.3 Å². The molecule has 2 N–H and O–H groups in total. The Labute approximate surface area is 141 Å². The van der Waals surface area contributed by atoms with Gasteiger partial charge in [0.25, 0.3) is 5.91 Å². The lowest BCUT2D eigenvalue weighted by Gasteiger charge is -2.18.